The zero-order chi connectivity index (χ0) is 23.8. The monoisotopic (exact) mass is 447 g/mol. The molecule has 180 valence electrons. The molecule has 2 rings (SSSR count). The van der Waals surface area contributed by atoms with Crippen molar-refractivity contribution in [2.75, 3.05) is 6.61 Å². The Morgan fingerprint density at radius 3 is 2.25 bits per heavy atom. The van der Waals surface area contributed by atoms with Crippen LogP contribution in [0.1, 0.15) is 96.3 Å². The number of carbonyl (C=O) groups excluding carboxylic acids is 2. The summed E-state index contributed by atoms with van der Waals surface area (Å²) in [6, 6.07) is 7.02. The van der Waals surface area contributed by atoms with Crippen molar-refractivity contribution < 1.29 is 23.8 Å². The number of benzene rings is 1. The maximum Gasteiger partial charge on any atom is 0.338 e. The predicted octanol–water partition coefficient (Wildman–Crippen LogP) is 5.42. The van der Waals surface area contributed by atoms with E-state index in [9.17, 15) is 9.59 Å². The highest BCUT2D eigenvalue weighted by molar-refractivity contribution is 5.90. The van der Waals surface area contributed by atoms with Gasteiger partial charge in [-0.3, -0.25) is 0 Å². The van der Waals surface area contributed by atoms with Gasteiger partial charge >= 0.3 is 11.9 Å². The molecule has 1 aliphatic rings. The van der Waals surface area contributed by atoms with Gasteiger partial charge in [0.15, 0.2) is 5.54 Å². The first kappa shape index (κ1) is 26.2. The molecular formula is C26H41NO5. The Bertz CT molecular complexity index is 739. The highest BCUT2D eigenvalue weighted by atomic mass is 16.6. The van der Waals surface area contributed by atoms with Crippen LogP contribution >= 0.6 is 0 Å². The Labute approximate surface area is 193 Å². The summed E-state index contributed by atoms with van der Waals surface area (Å²) < 4.78 is 17.3. The lowest BCUT2D eigenvalue weighted by Gasteiger charge is -2.37. The summed E-state index contributed by atoms with van der Waals surface area (Å²) in [7, 11) is 0. The summed E-state index contributed by atoms with van der Waals surface area (Å²) in [5.41, 5.74) is 5.43. The molecule has 1 aromatic rings. The molecule has 1 saturated carbocycles. The molecule has 32 heavy (non-hydrogen) atoms. The summed E-state index contributed by atoms with van der Waals surface area (Å²) in [5.74, 6) is -0.438. The van der Waals surface area contributed by atoms with Crippen LogP contribution in [0.15, 0.2) is 24.3 Å². The SMILES string of the molecule is CCCCC(N)(C(=O)OCC)C(OC(=O)c1ccc(OC2(C)CCCCC2)cc1)C(C)C. The van der Waals surface area contributed by atoms with Gasteiger partial charge in [-0.05, 0) is 76.1 Å². The summed E-state index contributed by atoms with van der Waals surface area (Å²) in [4.78, 5) is 25.7. The van der Waals surface area contributed by atoms with Gasteiger partial charge in [-0.15, -0.1) is 0 Å². The van der Waals surface area contributed by atoms with Gasteiger partial charge in [-0.1, -0.05) is 40.0 Å². The second-order valence-electron chi connectivity index (χ2n) is 9.57. The van der Waals surface area contributed by atoms with Gasteiger partial charge in [-0.2, -0.15) is 0 Å². The third-order valence-electron chi connectivity index (χ3n) is 6.31. The minimum absolute atomic E-state index is 0.152. The molecule has 0 aromatic heterocycles. The van der Waals surface area contributed by atoms with E-state index in [1.54, 1.807) is 31.2 Å². The Morgan fingerprint density at radius 1 is 1.09 bits per heavy atom. The molecule has 2 unspecified atom stereocenters. The highest BCUT2D eigenvalue weighted by Gasteiger charge is 2.47. The van der Waals surface area contributed by atoms with Gasteiger partial charge in [0.05, 0.1) is 12.2 Å². The molecule has 2 atom stereocenters. The molecule has 0 bridgehead atoms. The van der Waals surface area contributed by atoms with E-state index >= 15 is 0 Å². The van der Waals surface area contributed by atoms with Crippen molar-refractivity contribution in [2.45, 2.75) is 103 Å². The third kappa shape index (κ3) is 6.71. The van der Waals surface area contributed by atoms with E-state index in [0.717, 1.165) is 31.4 Å². The minimum Gasteiger partial charge on any atom is -0.488 e. The summed E-state index contributed by atoms with van der Waals surface area (Å²) in [6.45, 7) is 9.93. The van der Waals surface area contributed by atoms with E-state index in [4.69, 9.17) is 19.9 Å². The molecule has 6 heteroatoms. The molecule has 0 amide bonds. The Kier molecular flexibility index (Phi) is 9.56. The Hall–Kier alpha value is -2.08. The van der Waals surface area contributed by atoms with Gasteiger partial charge < -0.3 is 19.9 Å². The van der Waals surface area contributed by atoms with Crippen LogP contribution in [0.2, 0.25) is 0 Å². The molecule has 2 N–H and O–H groups in total. The fourth-order valence-corrected chi connectivity index (χ4v) is 4.46. The highest BCUT2D eigenvalue weighted by Crippen LogP contribution is 2.33. The van der Waals surface area contributed by atoms with Crippen LogP contribution in [-0.4, -0.2) is 35.8 Å². The maximum absolute atomic E-state index is 13.0. The molecule has 0 radical (unpaired) electrons. The number of ether oxygens (including phenoxy) is 3. The number of esters is 2. The van der Waals surface area contributed by atoms with Crippen LogP contribution < -0.4 is 10.5 Å². The molecular weight excluding hydrogens is 406 g/mol. The normalized spacial score (nSPS) is 18.5. The number of nitrogens with two attached hydrogens (primary N) is 1. The van der Waals surface area contributed by atoms with E-state index in [2.05, 4.69) is 6.92 Å². The summed E-state index contributed by atoms with van der Waals surface area (Å²) in [5, 5.41) is 0. The van der Waals surface area contributed by atoms with Crippen LogP contribution in [-0.2, 0) is 14.3 Å². The second kappa shape index (κ2) is 11.7. The summed E-state index contributed by atoms with van der Waals surface area (Å²) >= 11 is 0. The first-order chi connectivity index (χ1) is 15.1. The number of carbonyl (C=O) groups is 2. The molecule has 1 aliphatic carbocycles. The van der Waals surface area contributed by atoms with Gasteiger partial charge in [0.1, 0.15) is 17.5 Å². The molecule has 1 aromatic carbocycles. The van der Waals surface area contributed by atoms with Gasteiger partial charge in [0.2, 0.25) is 0 Å². The lowest BCUT2D eigenvalue weighted by molar-refractivity contribution is -0.156. The number of hydrogen-bond donors (Lipinski definition) is 1. The Morgan fingerprint density at radius 2 is 1.72 bits per heavy atom. The zero-order valence-corrected chi connectivity index (χ0v) is 20.4. The smallest absolute Gasteiger partial charge is 0.338 e. The average Bonchev–Trinajstić information content (AvgIpc) is 2.76. The molecule has 1 fully saturated rings. The molecule has 0 saturated heterocycles. The standard InChI is InChI=1S/C26H41NO5/c1-6-8-18-26(27,24(29)30-7-2)22(19(3)4)31-23(28)20-12-14-21(15-13-20)32-25(5)16-10-9-11-17-25/h12-15,19,22H,6-11,16-18,27H2,1-5H3. The lowest BCUT2D eigenvalue weighted by Crippen LogP contribution is -2.61. The molecule has 0 spiro atoms. The topological polar surface area (TPSA) is 87.9 Å². The van der Waals surface area contributed by atoms with Crippen LogP contribution in [0, 0.1) is 5.92 Å². The van der Waals surface area contributed by atoms with Crippen molar-refractivity contribution in [2.24, 2.45) is 11.7 Å². The van der Waals surface area contributed by atoms with Crippen molar-refractivity contribution in [1.82, 2.24) is 0 Å². The van der Waals surface area contributed by atoms with E-state index in [0.29, 0.717) is 12.0 Å². The fraction of sp³-hybridized carbons (Fsp3) is 0.692. The van der Waals surface area contributed by atoms with Crippen LogP contribution in [0.25, 0.3) is 0 Å². The average molecular weight is 448 g/mol. The van der Waals surface area contributed by atoms with Crippen molar-refractivity contribution in [3.63, 3.8) is 0 Å². The largest absolute Gasteiger partial charge is 0.488 e. The maximum atomic E-state index is 13.0. The minimum atomic E-state index is -1.38. The molecule has 0 heterocycles. The van der Waals surface area contributed by atoms with Crippen LogP contribution in [0.4, 0.5) is 0 Å². The second-order valence-corrected chi connectivity index (χ2v) is 9.57. The predicted molar refractivity (Wildman–Crippen MR) is 126 cm³/mol. The van der Waals surface area contributed by atoms with Gasteiger partial charge in [0.25, 0.3) is 0 Å². The van der Waals surface area contributed by atoms with Crippen molar-refractivity contribution >= 4 is 11.9 Å². The zero-order valence-electron chi connectivity index (χ0n) is 20.4. The molecule has 6 nitrogen and oxygen atoms in total. The number of unbranched alkanes of at least 4 members (excludes halogenated alkanes) is 1. The van der Waals surface area contributed by atoms with E-state index in [1.165, 1.54) is 19.3 Å². The van der Waals surface area contributed by atoms with E-state index in [-0.39, 0.29) is 18.1 Å². The lowest BCUT2D eigenvalue weighted by atomic mass is 9.82. The Balaban J connectivity index is 2.14. The first-order valence-electron chi connectivity index (χ1n) is 12.1. The van der Waals surface area contributed by atoms with Gasteiger partial charge in [0, 0.05) is 0 Å². The first-order valence-corrected chi connectivity index (χ1v) is 12.1. The summed E-state index contributed by atoms with van der Waals surface area (Å²) in [6.07, 6.45) is 6.90. The van der Waals surface area contributed by atoms with E-state index in [1.807, 2.05) is 20.8 Å². The van der Waals surface area contributed by atoms with Crippen molar-refractivity contribution in [1.29, 1.82) is 0 Å². The number of rotatable bonds is 11. The van der Waals surface area contributed by atoms with E-state index < -0.39 is 23.6 Å². The van der Waals surface area contributed by atoms with Crippen LogP contribution in [0.3, 0.4) is 0 Å². The van der Waals surface area contributed by atoms with Crippen LogP contribution in [0.5, 0.6) is 5.75 Å². The van der Waals surface area contributed by atoms with Gasteiger partial charge in [-0.25, -0.2) is 9.59 Å². The van der Waals surface area contributed by atoms with Crippen molar-refractivity contribution in [3.05, 3.63) is 29.8 Å². The third-order valence-corrected chi connectivity index (χ3v) is 6.31. The molecule has 0 aliphatic heterocycles. The number of hydrogen-bond acceptors (Lipinski definition) is 6. The fourth-order valence-electron chi connectivity index (χ4n) is 4.46. The quantitative estimate of drug-likeness (QED) is 0.456. The van der Waals surface area contributed by atoms with Crippen molar-refractivity contribution in [3.8, 4) is 5.75 Å².